The molecule has 0 saturated heterocycles. The molecule has 4 rings (SSSR count). The van der Waals surface area contributed by atoms with Crippen LogP contribution in [0.25, 0.3) is 0 Å². The SMILES string of the molecule is CON1C(=O)[C@@H](NC(=O)C[C@H](N)Cc2ccccc2F)[C@H](c2ccccc2)c2ccccc21. The van der Waals surface area contributed by atoms with Gasteiger partial charge >= 0.3 is 0 Å². The Morgan fingerprint density at radius 1 is 1.06 bits per heavy atom. The van der Waals surface area contributed by atoms with E-state index in [1.54, 1.807) is 18.2 Å². The molecule has 0 fully saturated rings. The lowest BCUT2D eigenvalue weighted by Crippen LogP contribution is -2.55. The minimum atomic E-state index is -0.879. The Labute approximate surface area is 192 Å². The van der Waals surface area contributed by atoms with E-state index in [-0.39, 0.29) is 30.5 Å². The van der Waals surface area contributed by atoms with Gasteiger partial charge in [0.25, 0.3) is 5.91 Å². The number of fused-ring (bicyclic) bond motifs is 1. The number of para-hydroxylation sites is 1. The number of hydrogen-bond donors (Lipinski definition) is 2. The van der Waals surface area contributed by atoms with Crippen molar-refractivity contribution in [3.63, 3.8) is 0 Å². The van der Waals surface area contributed by atoms with E-state index in [2.05, 4.69) is 5.32 Å². The van der Waals surface area contributed by atoms with E-state index in [0.717, 1.165) is 11.1 Å². The number of hydroxylamine groups is 1. The number of rotatable bonds is 7. The van der Waals surface area contributed by atoms with E-state index in [9.17, 15) is 14.0 Å². The summed E-state index contributed by atoms with van der Waals surface area (Å²) >= 11 is 0. The zero-order chi connectivity index (χ0) is 23.4. The summed E-state index contributed by atoms with van der Waals surface area (Å²) in [6.07, 6.45) is 0.169. The molecule has 0 radical (unpaired) electrons. The number of halogens is 1. The van der Waals surface area contributed by atoms with Crippen molar-refractivity contribution in [2.75, 3.05) is 12.2 Å². The predicted molar refractivity (Wildman–Crippen MR) is 124 cm³/mol. The van der Waals surface area contributed by atoms with E-state index in [1.807, 2.05) is 54.6 Å². The van der Waals surface area contributed by atoms with Gasteiger partial charge in [0.2, 0.25) is 5.91 Å². The fraction of sp³-hybridized carbons (Fsp3) is 0.231. The fourth-order valence-corrected chi connectivity index (χ4v) is 4.36. The summed E-state index contributed by atoms with van der Waals surface area (Å²) in [5.41, 5.74) is 9.00. The molecule has 0 aromatic heterocycles. The van der Waals surface area contributed by atoms with Crippen molar-refractivity contribution >= 4 is 17.5 Å². The van der Waals surface area contributed by atoms with Crippen LogP contribution in [0.1, 0.15) is 29.0 Å². The van der Waals surface area contributed by atoms with Crippen LogP contribution in [-0.4, -0.2) is 31.0 Å². The minimum Gasteiger partial charge on any atom is -0.343 e. The van der Waals surface area contributed by atoms with E-state index < -0.39 is 18.0 Å². The van der Waals surface area contributed by atoms with Crippen LogP contribution in [0, 0.1) is 5.82 Å². The molecule has 2 amide bonds. The first-order chi connectivity index (χ1) is 16.0. The molecular weight excluding hydrogens is 421 g/mol. The number of amides is 2. The van der Waals surface area contributed by atoms with Crippen LogP contribution in [-0.2, 0) is 20.8 Å². The predicted octanol–water partition coefficient (Wildman–Crippen LogP) is 3.31. The standard InChI is InChI=1S/C26H26FN3O3/c1-33-30-22-14-8-6-12-20(22)24(17-9-3-2-4-10-17)25(26(30)32)29-23(31)16-19(28)15-18-11-5-7-13-21(18)27/h2-14,19,24-25H,15-16,28H2,1H3,(H,29,31)/t19-,24-,25+/m1/s1. The maximum Gasteiger partial charge on any atom is 0.274 e. The molecule has 0 saturated carbocycles. The second kappa shape index (κ2) is 9.94. The molecule has 0 unspecified atom stereocenters. The molecule has 3 N–H and O–H groups in total. The minimum absolute atomic E-state index is 0.0474. The largest absolute Gasteiger partial charge is 0.343 e. The monoisotopic (exact) mass is 447 g/mol. The number of nitrogens with zero attached hydrogens (tertiary/aromatic N) is 1. The van der Waals surface area contributed by atoms with E-state index >= 15 is 0 Å². The van der Waals surface area contributed by atoms with Gasteiger partial charge < -0.3 is 11.1 Å². The summed E-state index contributed by atoms with van der Waals surface area (Å²) in [5, 5.41) is 4.08. The highest BCUT2D eigenvalue weighted by Gasteiger charge is 2.42. The molecular formula is C26H26FN3O3. The molecule has 3 aromatic rings. The highest BCUT2D eigenvalue weighted by molar-refractivity contribution is 6.02. The van der Waals surface area contributed by atoms with Gasteiger partial charge in [-0.25, -0.2) is 4.39 Å². The van der Waals surface area contributed by atoms with Crippen LogP contribution in [0.15, 0.2) is 78.9 Å². The van der Waals surface area contributed by atoms with Gasteiger partial charge in [0, 0.05) is 18.4 Å². The number of carbonyl (C=O) groups excluding carboxylic acids is 2. The molecule has 33 heavy (non-hydrogen) atoms. The lowest BCUT2D eigenvalue weighted by atomic mass is 9.81. The molecule has 1 aliphatic heterocycles. The van der Waals surface area contributed by atoms with Crippen LogP contribution in [0.2, 0.25) is 0 Å². The molecule has 1 aliphatic rings. The van der Waals surface area contributed by atoms with Crippen molar-refractivity contribution in [3.05, 3.63) is 101 Å². The molecule has 6 nitrogen and oxygen atoms in total. The van der Waals surface area contributed by atoms with Gasteiger partial charge in [0.05, 0.1) is 12.8 Å². The van der Waals surface area contributed by atoms with Crippen molar-refractivity contribution in [1.82, 2.24) is 5.32 Å². The molecule has 3 atom stereocenters. The third kappa shape index (κ3) is 4.79. The third-order valence-corrected chi connectivity index (χ3v) is 5.84. The van der Waals surface area contributed by atoms with Crippen LogP contribution in [0.4, 0.5) is 10.1 Å². The maximum absolute atomic E-state index is 14.0. The van der Waals surface area contributed by atoms with Crippen LogP contribution in [0.5, 0.6) is 0 Å². The Bertz CT molecular complexity index is 1140. The normalized spacial score (nSPS) is 18.5. The number of benzene rings is 3. The highest BCUT2D eigenvalue weighted by Crippen LogP contribution is 2.40. The van der Waals surface area contributed by atoms with Crippen LogP contribution < -0.4 is 16.1 Å². The first kappa shape index (κ1) is 22.6. The Hall–Kier alpha value is -3.55. The quantitative estimate of drug-likeness (QED) is 0.582. The average molecular weight is 448 g/mol. The molecule has 1 heterocycles. The number of nitrogens with two attached hydrogens (primary N) is 1. The Morgan fingerprint density at radius 3 is 2.45 bits per heavy atom. The smallest absolute Gasteiger partial charge is 0.274 e. The molecule has 0 aliphatic carbocycles. The van der Waals surface area contributed by atoms with Gasteiger partial charge in [-0.2, -0.15) is 5.06 Å². The summed E-state index contributed by atoms with van der Waals surface area (Å²) in [6, 6.07) is 21.9. The Morgan fingerprint density at radius 2 is 1.73 bits per heavy atom. The van der Waals surface area contributed by atoms with Crippen LogP contribution in [0.3, 0.4) is 0 Å². The van der Waals surface area contributed by atoms with Crippen molar-refractivity contribution in [1.29, 1.82) is 0 Å². The Balaban J connectivity index is 1.58. The summed E-state index contributed by atoms with van der Waals surface area (Å²) in [5.74, 6) is -1.50. The third-order valence-electron chi connectivity index (χ3n) is 5.84. The number of hydrogen-bond acceptors (Lipinski definition) is 4. The molecule has 0 spiro atoms. The zero-order valence-electron chi connectivity index (χ0n) is 18.3. The summed E-state index contributed by atoms with van der Waals surface area (Å²) in [7, 11) is 1.42. The Kier molecular flexibility index (Phi) is 6.82. The van der Waals surface area contributed by atoms with Gasteiger partial charge in [0.15, 0.2) is 0 Å². The first-order valence-corrected chi connectivity index (χ1v) is 10.8. The lowest BCUT2D eigenvalue weighted by Gasteiger charge is -2.38. The molecule has 0 bridgehead atoms. The highest BCUT2D eigenvalue weighted by atomic mass is 19.1. The summed E-state index contributed by atoms with van der Waals surface area (Å²) in [6.45, 7) is 0. The zero-order valence-corrected chi connectivity index (χ0v) is 18.3. The average Bonchev–Trinajstić information content (AvgIpc) is 2.81. The molecule has 170 valence electrons. The molecule has 3 aromatic carbocycles. The van der Waals surface area contributed by atoms with Gasteiger partial charge in [-0.1, -0.05) is 66.7 Å². The van der Waals surface area contributed by atoms with Crippen molar-refractivity contribution in [2.24, 2.45) is 5.73 Å². The van der Waals surface area contributed by atoms with Gasteiger partial charge in [-0.15, -0.1) is 0 Å². The van der Waals surface area contributed by atoms with Crippen molar-refractivity contribution < 1.29 is 18.8 Å². The van der Waals surface area contributed by atoms with E-state index in [0.29, 0.717) is 11.3 Å². The fourth-order valence-electron chi connectivity index (χ4n) is 4.36. The van der Waals surface area contributed by atoms with Gasteiger partial charge in [-0.3, -0.25) is 14.4 Å². The second-order valence-electron chi connectivity index (χ2n) is 8.07. The first-order valence-electron chi connectivity index (χ1n) is 10.8. The van der Waals surface area contributed by atoms with Gasteiger partial charge in [0.1, 0.15) is 11.9 Å². The molecule has 7 heteroatoms. The number of anilines is 1. The van der Waals surface area contributed by atoms with Crippen molar-refractivity contribution in [3.8, 4) is 0 Å². The van der Waals surface area contributed by atoms with Gasteiger partial charge in [-0.05, 0) is 35.2 Å². The second-order valence-corrected chi connectivity index (χ2v) is 8.07. The maximum atomic E-state index is 14.0. The van der Waals surface area contributed by atoms with Crippen molar-refractivity contribution in [2.45, 2.75) is 30.8 Å². The number of carbonyl (C=O) groups is 2. The topological polar surface area (TPSA) is 84.7 Å². The summed E-state index contributed by atoms with van der Waals surface area (Å²) < 4.78 is 14.0. The van der Waals surface area contributed by atoms with Crippen LogP contribution >= 0.6 is 0 Å². The number of nitrogens with one attached hydrogen (secondary N) is 1. The van der Waals surface area contributed by atoms with E-state index in [4.69, 9.17) is 10.6 Å². The summed E-state index contributed by atoms with van der Waals surface area (Å²) in [4.78, 5) is 31.7. The van der Waals surface area contributed by atoms with E-state index in [1.165, 1.54) is 18.2 Å². The lowest BCUT2D eigenvalue weighted by molar-refractivity contribution is -0.132.